The van der Waals surface area contributed by atoms with Crippen molar-refractivity contribution >= 4 is 16.9 Å². The van der Waals surface area contributed by atoms with Crippen LogP contribution in [-0.4, -0.2) is 68.1 Å². The number of piperazine rings is 1. The summed E-state index contributed by atoms with van der Waals surface area (Å²) in [4.78, 5) is 18.0. The lowest BCUT2D eigenvalue weighted by Gasteiger charge is -2.34. The Labute approximate surface area is 173 Å². The van der Waals surface area contributed by atoms with Crippen LogP contribution in [0.1, 0.15) is 5.89 Å². The van der Waals surface area contributed by atoms with Crippen LogP contribution in [0.2, 0.25) is 0 Å². The number of fused-ring (bicyclic) bond motifs is 1. The van der Waals surface area contributed by atoms with Crippen molar-refractivity contribution < 1.29 is 9.26 Å². The van der Waals surface area contributed by atoms with E-state index in [0.29, 0.717) is 18.3 Å². The second kappa shape index (κ2) is 7.71. The molecular weight excluding hydrogens is 384 g/mol. The minimum atomic E-state index is 0.572. The minimum absolute atomic E-state index is 0.572. The van der Waals surface area contributed by atoms with Gasteiger partial charge in [-0.05, 0) is 12.1 Å². The third-order valence-corrected chi connectivity index (χ3v) is 5.34. The summed E-state index contributed by atoms with van der Waals surface area (Å²) in [6, 6.07) is 7.64. The predicted octanol–water partition coefficient (Wildman–Crippen LogP) is 1.74. The van der Waals surface area contributed by atoms with Crippen LogP contribution < -0.4 is 9.64 Å². The number of hydrogen-bond acceptors (Lipinski definition) is 9. The third-order valence-electron chi connectivity index (χ3n) is 5.34. The maximum Gasteiger partial charge on any atom is 0.241 e. The van der Waals surface area contributed by atoms with Gasteiger partial charge in [-0.25, -0.2) is 9.97 Å². The van der Waals surface area contributed by atoms with E-state index in [1.165, 1.54) is 0 Å². The van der Waals surface area contributed by atoms with Crippen molar-refractivity contribution in [3.8, 4) is 17.1 Å². The van der Waals surface area contributed by atoms with Gasteiger partial charge in [0.1, 0.15) is 17.9 Å². The van der Waals surface area contributed by atoms with E-state index >= 15 is 0 Å². The van der Waals surface area contributed by atoms with E-state index in [9.17, 15) is 0 Å². The lowest BCUT2D eigenvalue weighted by molar-refractivity contribution is 0.215. The van der Waals surface area contributed by atoms with Gasteiger partial charge in [0.25, 0.3) is 0 Å². The second-order valence-electron chi connectivity index (χ2n) is 7.21. The Kier molecular flexibility index (Phi) is 4.75. The van der Waals surface area contributed by atoms with Crippen LogP contribution in [0.4, 0.5) is 5.82 Å². The number of hydrogen-bond donors (Lipinski definition) is 0. The number of aromatic nitrogens is 6. The van der Waals surface area contributed by atoms with Crippen LogP contribution in [0.3, 0.4) is 0 Å². The lowest BCUT2D eigenvalue weighted by Crippen LogP contribution is -2.46. The summed E-state index contributed by atoms with van der Waals surface area (Å²) in [5.41, 5.74) is 1.72. The minimum Gasteiger partial charge on any atom is -0.497 e. The maximum atomic E-state index is 5.48. The molecule has 0 spiro atoms. The number of ether oxygens (including phenoxy) is 1. The monoisotopic (exact) mass is 406 g/mol. The Balaban J connectivity index is 1.24. The molecule has 4 aromatic rings. The van der Waals surface area contributed by atoms with Crippen LogP contribution in [-0.2, 0) is 13.6 Å². The standard InChI is InChI=1S/C20H22N8O2/c1-26-19-16(11-23-26)20(22-13-21-19)28-8-6-27(7-9-28)12-17-24-18(25-30-17)14-4-3-5-15(10-14)29-2/h3-5,10-11,13H,6-9,12H2,1-2H3. The first-order valence-corrected chi connectivity index (χ1v) is 9.78. The fourth-order valence-corrected chi connectivity index (χ4v) is 3.71. The van der Waals surface area contributed by atoms with Crippen molar-refractivity contribution in [1.82, 2.24) is 34.8 Å². The first-order valence-electron chi connectivity index (χ1n) is 9.78. The van der Waals surface area contributed by atoms with Gasteiger partial charge in [-0.3, -0.25) is 9.58 Å². The van der Waals surface area contributed by atoms with E-state index in [2.05, 4.69) is 35.0 Å². The molecule has 1 fully saturated rings. The van der Waals surface area contributed by atoms with Gasteiger partial charge in [0.05, 0.1) is 25.2 Å². The largest absolute Gasteiger partial charge is 0.497 e. The predicted molar refractivity (Wildman–Crippen MR) is 110 cm³/mol. The fourth-order valence-electron chi connectivity index (χ4n) is 3.71. The highest BCUT2D eigenvalue weighted by molar-refractivity contribution is 5.86. The van der Waals surface area contributed by atoms with Crippen molar-refractivity contribution in [2.45, 2.75) is 6.54 Å². The molecule has 154 valence electrons. The molecule has 5 rings (SSSR count). The topological polar surface area (TPSA) is 98.2 Å². The van der Waals surface area contributed by atoms with Gasteiger partial charge in [-0.1, -0.05) is 17.3 Å². The first kappa shape index (κ1) is 18.5. The molecule has 1 aromatic carbocycles. The van der Waals surface area contributed by atoms with Crippen molar-refractivity contribution in [3.05, 3.63) is 42.7 Å². The van der Waals surface area contributed by atoms with Crippen LogP contribution in [0.25, 0.3) is 22.4 Å². The highest BCUT2D eigenvalue weighted by Crippen LogP contribution is 2.24. The summed E-state index contributed by atoms with van der Waals surface area (Å²) < 4.78 is 12.5. The summed E-state index contributed by atoms with van der Waals surface area (Å²) in [5, 5.41) is 9.40. The van der Waals surface area contributed by atoms with Crippen LogP contribution in [0.5, 0.6) is 5.75 Å². The van der Waals surface area contributed by atoms with E-state index in [1.807, 2.05) is 37.5 Å². The zero-order valence-electron chi connectivity index (χ0n) is 16.9. The molecule has 30 heavy (non-hydrogen) atoms. The fraction of sp³-hybridized carbons (Fsp3) is 0.350. The normalized spacial score (nSPS) is 15.1. The molecule has 0 bridgehead atoms. The Morgan fingerprint density at radius 3 is 2.83 bits per heavy atom. The molecule has 1 saturated heterocycles. The zero-order valence-corrected chi connectivity index (χ0v) is 16.9. The van der Waals surface area contributed by atoms with Gasteiger partial charge in [-0.15, -0.1) is 0 Å². The quantitative estimate of drug-likeness (QED) is 0.491. The zero-order chi connectivity index (χ0) is 20.5. The van der Waals surface area contributed by atoms with Crippen molar-refractivity contribution in [1.29, 1.82) is 0 Å². The molecule has 0 aliphatic carbocycles. The number of nitrogens with zero attached hydrogens (tertiary/aromatic N) is 8. The Hall–Kier alpha value is -3.53. The highest BCUT2D eigenvalue weighted by Gasteiger charge is 2.22. The van der Waals surface area contributed by atoms with Gasteiger partial charge in [-0.2, -0.15) is 10.1 Å². The smallest absolute Gasteiger partial charge is 0.241 e. The summed E-state index contributed by atoms with van der Waals surface area (Å²) in [7, 11) is 3.53. The summed E-state index contributed by atoms with van der Waals surface area (Å²) >= 11 is 0. The molecule has 10 nitrogen and oxygen atoms in total. The van der Waals surface area contributed by atoms with Gasteiger partial charge in [0.15, 0.2) is 5.65 Å². The number of rotatable bonds is 5. The summed E-state index contributed by atoms with van der Waals surface area (Å²) in [5.74, 6) is 2.88. The SMILES string of the molecule is COc1cccc(-c2noc(CN3CCN(c4ncnc5c4cnn5C)CC3)n2)c1. The number of methoxy groups -OCH3 is 1. The molecule has 0 N–H and O–H groups in total. The third kappa shape index (κ3) is 3.45. The number of aryl methyl sites for hydroxylation is 1. The van der Waals surface area contributed by atoms with Crippen LogP contribution >= 0.6 is 0 Å². The summed E-state index contributed by atoms with van der Waals surface area (Å²) in [6.07, 6.45) is 3.43. The molecule has 0 saturated carbocycles. The number of benzene rings is 1. The lowest BCUT2D eigenvalue weighted by atomic mass is 10.2. The van der Waals surface area contributed by atoms with E-state index in [-0.39, 0.29) is 0 Å². The average molecular weight is 406 g/mol. The Morgan fingerprint density at radius 1 is 1.13 bits per heavy atom. The maximum absolute atomic E-state index is 5.48. The molecule has 1 aliphatic heterocycles. The van der Waals surface area contributed by atoms with Gasteiger partial charge >= 0.3 is 0 Å². The van der Waals surface area contributed by atoms with E-state index in [1.54, 1.807) is 18.1 Å². The average Bonchev–Trinajstić information content (AvgIpc) is 3.41. The van der Waals surface area contributed by atoms with Crippen LogP contribution in [0, 0.1) is 0 Å². The molecule has 3 aromatic heterocycles. The highest BCUT2D eigenvalue weighted by atomic mass is 16.5. The molecule has 4 heterocycles. The first-order chi connectivity index (χ1) is 14.7. The Bertz CT molecular complexity index is 1160. The van der Waals surface area contributed by atoms with E-state index in [0.717, 1.165) is 54.3 Å². The van der Waals surface area contributed by atoms with Gasteiger partial charge < -0.3 is 14.2 Å². The summed E-state index contributed by atoms with van der Waals surface area (Å²) in [6.45, 7) is 4.10. The van der Waals surface area contributed by atoms with Gasteiger partial charge in [0.2, 0.25) is 11.7 Å². The van der Waals surface area contributed by atoms with Crippen molar-refractivity contribution in [2.75, 3.05) is 38.2 Å². The Morgan fingerprint density at radius 2 is 2.00 bits per heavy atom. The van der Waals surface area contributed by atoms with Crippen molar-refractivity contribution in [2.24, 2.45) is 7.05 Å². The molecular formula is C20H22N8O2. The van der Waals surface area contributed by atoms with Gasteiger partial charge in [0, 0.05) is 38.8 Å². The van der Waals surface area contributed by atoms with Crippen molar-refractivity contribution in [3.63, 3.8) is 0 Å². The molecule has 1 aliphatic rings. The second-order valence-corrected chi connectivity index (χ2v) is 7.21. The van der Waals surface area contributed by atoms with E-state index in [4.69, 9.17) is 9.26 Å². The molecule has 0 amide bonds. The molecule has 0 atom stereocenters. The molecule has 10 heteroatoms. The van der Waals surface area contributed by atoms with Crippen LogP contribution in [0.15, 0.2) is 41.3 Å². The molecule has 0 radical (unpaired) electrons. The van der Waals surface area contributed by atoms with E-state index < -0.39 is 0 Å². The molecule has 0 unspecified atom stereocenters. The number of anilines is 1.